The summed E-state index contributed by atoms with van der Waals surface area (Å²) < 4.78 is 6.50. The first kappa shape index (κ1) is 20.0. The van der Waals surface area contributed by atoms with Crippen LogP contribution in [0.2, 0.25) is 0 Å². The molecule has 0 saturated carbocycles. The average molecular weight is 452 g/mol. The third kappa shape index (κ3) is 5.15. The summed E-state index contributed by atoms with van der Waals surface area (Å²) in [7, 11) is 0. The van der Waals surface area contributed by atoms with Gasteiger partial charge in [-0.05, 0) is 51.8 Å². The Labute approximate surface area is 174 Å². The van der Waals surface area contributed by atoms with E-state index in [0.717, 1.165) is 11.1 Å². The normalized spacial score (nSPS) is 10.5. The molecule has 0 aliphatic heterocycles. The van der Waals surface area contributed by atoms with Gasteiger partial charge in [-0.1, -0.05) is 18.2 Å². The van der Waals surface area contributed by atoms with Gasteiger partial charge in [-0.15, -0.1) is 0 Å². The van der Waals surface area contributed by atoms with Crippen LogP contribution >= 0.6 is 15.9 Å². The fourth-order valence-corrected chi connectivity index (χ4v) is 2.93. The van der Waals surface area contributed by atoms with E-state index in [9.17, 15) is 10.1 Å². The first-order chi connectivity index (χ1) is 14.1. The van der Waals surface area contributed by atoms with Gasteiger partial charge in [0.05, 0.1) is 27.2 Å². The van der Waals surface area contributed by atoms with Crippen molar-refractivity contribution in [1.82, 2.24) is 4.98 Å². The molecule has 3 aromatic rings. The summed E-state index contributed by atoms with van der Waals surface area (Å²) in [6.07, 6.45) is 2.95. The van der Waals surface area contributed by atoms with Crippen molar-refractivity contribution in [3.8, 4) is 11.8 Å². The lowest BCUT2D eigenvalue weighted by Crippen LogP contribution is -2.00. The van der Waals surface area contributed by atoms with E-state index in [1.165, 1.54) is 24.5 Å². The van der Waals surface area contributed by atoms with Crippen LogP contribution in [-0.4, -0.2) is 16.1 Å². The van der Waals surface area contributed by atoms with E-state index < -0.39 is 4.92 Å². The van der Waals surface area contributed by atoms with E-state index in [4.69, 9.17) is 10.00 Å². The SMILES string of the molecule is N#Cc1ccccc1COc1ccc(/C=N\Nc2ncccc2[N+](=O)[O-])cc1Br. The summed E-state index contributed by atoms with van der Waals surface area (Å²) in [5, 5.41) is 24.1. The molecule has 2 aromatic carbocycles. The van der Waals surface area contributed by atoms with Crippen LogP contribution in [-0.2, 0) is 6.61 Å². The molecule has 1 N–H and O–H groups in total. The summed E-state index contributed by atoms with van der Waals surface area (Å²) in [6, 6.07) is 17.6. The quantitative estimate of drug-likeness (QED) is 0.317. The number of hydrogen-bond acceptors (Lipinski definition) is 7. The maximum Gasteiger partial charge on any atom is 0.313 e. The van der Waals surface area contributed by atoms with Crippen LogP contribution in [0.3, 0.4) is 0 Å². The number of aromatic nitrogens is 1. The van der Waals surface area contributed by atoms with E-state index >= 15 is 0 Å². The minimum atomic E-state index is -0.530. The summed E-state index contributed by atoms with van der Waals surface area (Å²) in [5.74, 6) is 0.673. The van der Waals surface area contributed by atoms with Crippen LogP contribution in [0.5, 0.6) is 5.75 Å². The lowest BCUT2D eigenvalue weighted by Gasteiger charge is -2.10. The van der Waals surface area contributed by atoms with Gasteiger partial charge < -0.3 is 4.74 Å². The number of halogens is 1. The van der Waals surface area contributed by atoms with Crippen LogP contribution in [0.1, 0.15) is 16.7 Å². The van der Waals surface area contributed by atoms with Crippen molar-refractivity contribution < 1.29 is 9.66 Å². The molecular formula is C20H14BrN5O3. The zero-order valence-electron chi connectivity index (χ0n) is 14.9. The van der Waals surface area contributed by atoms with Crippen molar-refractivity contribution in [2.24, 2.45) is 5.10 Å². The van der Waals surface area contributed by atoms with E-state index in [-0.39, 0.29) is 18.1 Å². The van der Waals surface area contributed by atoms with E-state index in [0.29, 0.717) is 15.8 Å². The third-order valence-corrected chi connectivity index (χ3v) is 4.46. The number of nitrogens with zero attached hydrogens (tertiary/aromatic N) is 4. The number of hydrogen-bond donors (Lipinski definition) is 1. The van der Waals surface area contributed by atoms with Gasteiger partial charge in [0.25, 0.3) is 0 Å². The van der Waals surface area contributed by atoms with Gasteiger partial charge >= 0.3 is 5.69 Å². The van der Waals surface area contributed by atoms with Crippen molar-refractivity contribution in [2.45, 2.75) is 6.61 Å². The molecule has 8 nitrogen and oxygen atoms in total. The molecular weight excluding hydrogens is 438 g/mol. The molecule has 144 valence electrons. The molecule has 0 saturated heterocycles. The Balaban J connectivity index is 1.66. The predicted molar refractivity (Wildman–Crippen MR) is 112 cm³/mol. The maximum atomic E-state index is 11.0. The van der Waals surface area contributed by atoms with Gasteiger partial charge in [0.2, 0.25) is 5.82 Å². The van der Waals surface area contributed by atoms with Gasteiger partial charge in [0.1, 0.15) is 12.4 Å². The summed E-state index contributed by atoms with van der Waals surface area (Å²) in [5.41, 5.74) is 4.53. The molecule has 0 aliphatic rings. The maximum absolute atomic E-state index is 11.0. The highest BCUT2D eigenvalue weighted by Crippen LogP contribution is 2.27. The number of ether oxygens (including phenoxy) is 1. The molecule has 0 bridgehead atoms. The molecule has 0 aliphatic carbocycles. The van der Waals surface area contributed by atoms with Crippen LogP contribution in [0, 0.1) is 21.4 Å². The lowest BCUT2D eigenvalue weighted by atomic mass is 10.1. The number of rotatable bonds is 7. The highest BCUT2D eigenvalue weighted by atomic mass is 79.9. The second-order valence-electron chi connectivity index (χ2n) is 5.75. The number of hydrazone groups is 1. The van der Waals surface area contributed by atoms with Gasteiger partial charge in [-0.3, -0.25) is 15.5 Å². The minimum Gasteiger partial charge on any atom is -0.488 e. The van der Waals surface area contributed by atoms with Gasteiger partial charge in [-0.25, -0.2) is 4.98 Å². The van der Waals surface area contributed by atoms with Crippen molar-refractivity contribution in [1.29, 1.82) is 5.26 Å². The van der Waals surface area contributed by atoms with Gasteiger partial charge in [-0.2, -0.15) is 10.4 Å². The predicted octanol–water partition coefficient (Wildman–Crippen LogP) is 4.65. The van der Waals surface area contributed by atoms with Crippen LogP contribution in [0.25, 0.3) is 0 Å². The number of pyridine rings is 1. The minimum absolute atomic E-state index is 0.0592. The van der Waals surface area contributed by atoms with Crippen LogP contribution in [0.4, 0.5) is 11.5 Å². The van der Waals surface area contributed by atoms with E-state index in [2.05, 4.69) is 37.5 Å². The largest absolute Gasteiger partial charge is 0.488 e. The smallest absolute Gasteiger partial charge is 0.313 e. The first-order valence-electron chi connectivity index (χ1n) is 8.37. The third-order valence-electron chi connectivity index (χ3n) is 3.84. The topological polar surface area (TPSA) is 113 Å². The number of nitro groups is 1. The van der Waals surface area contributed by atoms with Gasteiger partial charge in [0, 0.05) is 17.8 Å². The zero-order valence-corrected chi connectivity index (χ0v) is 16.5. The van der Waals surface area contributed by atoms with Crippen molar-refractivity contribution in [3.63, 3.8) is 0 Å². The molecule has 9 heteroatoms. The summed E-state index contributed by atoms with van der Waals surface area (Å²) >= 11 is 3.45. The average Bonchev–Trinajstić information content (AvgIpc) is 2.73. The Morgan fingerprint density at radius 3 is 2.86 bits per heavy atom. The highest BCUT2D eigenvalue weighted by Gasteiger charge is 2.13. The Morgan fingerprint density at radius 1 is 1.28 bits per heavy atom. The lowest BCUT2D eigenvalue weighted by molar-refractivity contribution is -0.384. The fourth-order valence-electron chi connectivity index (χ4n) is 2.42. The number of benzene rings is 2. The molecule has 0 amide bonds. The molecule has 1 aromatic heterocycles. The second-order valence-corrected chi connectivity index (χ2v) is 6.60. The standard InChI is InChI=1S/C20H14BrN5O3/c21-17-10-14(12-24-25-20-18(26(27)28)6-3-9-23-20)7-8-19(17)29-13-16-5-2-1-4-15(16)11-22/h1-10,12H,13H2,(H,23,25)/b24-12-. The Morgan fingerprint density at radius 2 is 2.10 bits per heavy atom. The van der Waals surface area contributed by atoms with Gasteiger partial charge in [0.15, 0.2) is 0 Å². The van der Waals surface area contributed by atoms with Crippen molar-refractivity contribution in [2.75, 3.05) is 5.43 Å². The summed E-state index contributed by atoms with van der Waals surface area (Å²) in [6.45, 7) is 0.265. The van der Waals surface area contributed by atoms with Crippen molar-refractivity contribution in [3.05, 3.63) is 92.1 Å². The highest BCUT2D eigenvalue weighted by molar-refractivity contribution is 9.10. The Bertz CT molecular complexity index is 1110. The first-order valence-corrected chi connectivity index (χ1v) is 9.16. The van der Waals surface area contributed by atoms with E-state index in [1.54, 1.807) is 30.3 Å². The van der Waals surface area contributed by atoms with Crippen LogP contribution < -0.4 is 10.2 Å². The summed E-state index contributed by atoms with van der Waals surface area (Å²) in [4.78, 5) is 14.4. The second kappa shape index (κ2) is 9.43. The molecule has 0 unspecified atom stereocenters. The molecule has 1 heterocycles. The molecule has 0 spiro atoms. The monoisotopic (exact) mass is 451 g/mol. The molecule has 29 heavy (non-hydrogen) atoms. The molecule has 0 atom stereocenters. The number of anilines is 1. The molecule has 0 fully saturated rings. The fraction of sp³-hybridized carbons (Fsp3) is 0.0500. The Hall–Kier alpha value is -3.77. The van der Waals surface area contributed by atoms with E-state index in [1.807, 2.05) is 12.1 Å². The van der Waals surface area contributed by atoms with Crippen molar-refractivity contribution >= 4 is 33.6 Å². The molecule has 0 radical (unpaired) electrons. The number of nitrogens with one attached hydrogen (secondary N) is 1. The Kier molecular flexibility index (Phi) is 6.50. The van der Waals surface area contributed by atoms with Crippen LogP contribution in [0.15, 0.2) is 70.4 Å². The number of nitriles is 1. The zero-order chi connectivity index (χ0) is 20.6. The molecule has 3 rings (SSSR count).